The van der Waals surface area contributed by atoms with E-state index in [-0.39, 0.29) is 48.7 Å². The van der Waals surface area contributed by atoms with Crippen molar-refractivity contribution in [3.8, 4) is 5.75 Å². The first-order valence-electron chi connectivity index (χ1n) is 15.2. The molecule has 0 spiro atoms. The number of hydrogen-bond donors (Lipinski definition) is 6. The Morgan fingerprint density at radius 1 is 0.889 bits per heavy atom. The van der Waals surface area contributed by atoms with Crippen molar-refractivity contribution in [3.05, 3.63) is 65.7 Å². The molecule has 45 heavy (non-hydrogen) atoms. The van der Waals surface area contributed by atoms with Crippen molar-refractivity contribution in [1.82, 2.24) is 21.3 Å². The van der Waals surface area contributed by atoms with Gasteiger partial charge in [-0.1, -0.05) is 56.3 Å². The molecule has 3 rings (SSSR count). The van der Waals surface area contributed by atoms with Crippen LogP contribution in [-0.2, 0) is 30.4 Å². The van der Waals surface area contributed by atoms with E-state index in [9.17, 15) is 29.1 Å². The summed E-state index contributed by atoms with van der Waals surface area (Å²) in [5.41, 5.74) is 2.03. The summed E-state index contributed by atoms with van der Waals surface area (Å²) in [5, 5.41) is 20.2. The SMILES string of the molecule is COc1ccc(CCNC(=O)[C@H](CS)NC(=O)[C@H](CC(C)C)NC(=O)[C@H](CCC(=O)O)NC(=O)C2C[C@H]2c2ccccc2)cc1. The number of nitrogens with one attached hydrogen (secondary N) is 4. The third-order valence-corrected chi connectivity index (χ3v) is 8.03. The molecule has 0 saturated heterocycles. The Hall–Kier alpha value is -4.06. The highest BCUT2D eigenvalue weighted by molar-refractivity contribution is 7.80. The molecule has 2 aromatic carbocycles. The summed E-state index contributed by atoms with van der Waals surface area (Å²) < 4.78 is 5.16. The van der Waals surface area contributed by atoms with Gasteiger partial charge in [0, 0.05) is 24.6 Å². The number of thiol groups is 1. The summed E-state index contributed by atoms with van der Waals surface area (Å²) in [6.07, 6.45) is 0.987. The standard InChI is InChI=1S/C33H44N4O7S/c1-20(2)17-27(33(43)37-28(19-45)31(41)34-16-15-21-9-11-23(44-3)12-10-21)36-32(42)26(13-14-29(38)39)35-30(40)25-18-24(25)22-7-5-4-6-8-22/h4-12,20,24-28,45H,13-19H2,1-3H3,(H,34,41)(H,35,40)(H,36,42)(H,37,43)(H,38,39)/t24-,25?,26-,27-,28-/m0/s1. The fourth-order valence-corrected chi connectivity index (χ4v) is 5.31. The van der Waals surface area contributed by atoms with E-state index < -0.39 is 41.8 Å². The number of carboxylic acids is 1. The van der Waals surface area contributed by atoms with Crippen molar-refractivity contribution in [2.45, 2.75) is 70.0 Å². The third kappa shape index (κ3) is 11.4. The molecule has 0 aromatic heterocycles. The van der Waals surface area contributed by atoms with Gasteiger partial charge in [0.25, 0.3) is 0 Å². The smallest absolute Gasteiger partial charge is 0.303 e. The first kappa shape index (κ1) is 35.4. The molecule has 244 valence electrons. The number of benzene rings is 2. The molecule has 4 amide bonds. The average Bonchev–Trinajstić information content (AvgIpc) is 3.83. The second-order valence-electron chi connectivity index (χ2n) is 11.7. The summed E-state index contributed by atoms with van der Waals surface area (Å²) in [5.74, 6) is -2.60. The number of aliphatic carboxylic acids is 1. The highest BCUT2D eigenvalue weighted by Crippen LogP contribution is 2.47. The predicted octanol–water partition coefficient (Wildman–Crippen LogP) is 2.45. The van der Waals surface area contributed by atoms with Crippen molar-refractivity contribution in [1.29, 1.82) is 0 Å². The van der Waals surface area contributed by atoms with E-state index in [0.717, 1.165) is 16.9 Å². The monoisotopic (exact) mass is 640 g/mol. The van der Waals surface area contributed by atoms with Crippen molar-refractivity contribution in [2.24, 2.45) is 11.8 Å². The molecule has 0 heterocycles. The zero-order chi connectivity index (χ0) is 32.9. The first-order chi connectivity index (χ1) is 21.5. The Kier molecular flexibility index (Phi) is 13.7. The second-order valence-corrected chi connectivity index (χ2v) is 12.0. The molecule has 1 fully saturated rings. The van der Waals surface area contributed by atoms with Crippen molar-refractivity contribution in [3.63, 3.8) is 0 Å². The van der Waals surface area contributed by atoms with Gasteiger partial charge >= 0.3 is 5.97 Å². The molecular formula is C33H44N4O7S. The molecule has 1 aliphatic carbocycles. The highest BCUT2D eigenvalue weighted by Gasteiger charge is 2.45. The molecule has 12 heteroatoms. The number of carbonyl (C=O) groups excluding carboxylic acids is 4. The molecule has 0 bridgehead atoms. The molecule has 0 radical (unpaired) electrons. The van der Waals surface area contributed by atoms with Crippen LogP contribution in [-0.4, -0.2) is 72.2 Å². The van der Waals surface area contributed by atoms with Gasteiger partial charge in [-0.3, -0.25) is 24.0 Å². The molecule has 1 aliphatic rings. The van der Waals surface area contributed by atoms with Crippen LogP contribution in [0, 0.1) is 11.8 Å². The quantitative estimate of drug-likeness (QED) is 0.136. The number of ether oxygens (including phenoxy) is 1. The van der Waals surface area contributed by atoms with Crippen LogP contribution in [0.5, 0.6) is 5.75 Å². The minimum absolute atomic E-state index is 0.000944. The van der Waals surface area contributed by atoms with Crippen LogP contribution in [0.25, 0.3) is 0 Å². The number of rotatable bonds is 18. The fourth-order valence-electron chi connectivity index (χ4n) is 5.06. The van der Waals surface area contributed by atoms with Gasteiger partial charge in [0.15, 0.2) is 0 Å². The lowest BCUT2D eigenvalue weighted by Crippen LogP contribution is -2.57. The average molecular weight is 641 g/mol. The molecule has 5 atom stereocenters. The van der Waals surface area contributed by atoms with Crippen LogP contribution in [0.3, 0.4) is 0 Å². The molecule has 1 unspecified atom stereocenters. The van der Waals surface area contributed by atoms with Gasteiger partial charge in [-0.15, -0.1) is 0 Å². The number of carboxylic acid groups (broad SMARTS) is 1. The van der Waals surface area contributed by atoms with Gasteiger partial charge in [0.1, 0.15) is 23.9 Å². The van der Waals surface area contributed by atoms with E-state index in [1.54, 1.807) is 7.11 Å². The Morgan fingerprint density at radius 3 is 2.13 bits per heavy atom. The van der Waals surface area contributed by atoms with Gasteiger partial charge in [0.2, 0.25) is 23.6 Å². The Labute approximate surface area is 269 Å². The lowest BCUT2D eigenvalue weighted by atomic mass is 10.0. The molecule has 2 aromatic rings. The zero-order valence-corrected chi connectivity index (χ0v) is 26.8. The molecule has 0 aliphatic heterocycles. The fraction of sp³-hybridized carbons (Fsp3) is 0.485. The van der Waals surface area contributed by atoms with E-state index in [0.29, 0.717) is 19.4 Å². The summed E-state index contributed by atoms with van der Waals surface area (Å²) in [7, 11) is 1.59. The van der Waals surface area contributed by atoms with Gasteiger partial charge in [-0.25, -0.2) is 0 Å². The van der Waals surface area contributed by atoms with E-state index in [1.807, 2.05) is 68.4 Å². The normalized spacial score (nSPS) is 17.4. The predicted molar refractivity (Wildman–Crippen MR) is 173 cm³/mol. The van der Waals surface area contributed by atoms with E-state index in [4.69, 9.17) is 4.74 Å². The Bertz CT molecular complexity index is 1310. The maximum absolute atomic E-state index is 13.4. The van der Waals surface area contributed by atoms with Crippen LogP contribution in [0.4, 0.5) is 0 Å². The van der Waals surface area contributed by atoms with Crippen LogP contribution in [0.1, 0.15) is 56.6 Å². The van der Waals surface area contributed by atoms with Gasteiger partial charge in [-0.05, 0) is 60.8 Å². The highest BCUT2D eigenvalue weighted by atomic mass is 32.1. The van der Waals surface area contributed by atoms with Gasteiger partial charge < -0.3 is 31.1 Å². The molecule has 1 saturated carbocycles. The van der Waals surface area contributed by atoms with E-state index in [2.05, 4.69) is 33.9 Å². The Balaban J connectivity index is 1.60. The number of amides is 4. The van der Waals surface area contributed by atoms with Crippen LogP contribution >= 0.6 is 12.6 Å². The zero-order valence-electron chi connectivity index (χ0n) is 26.0. The molecule has 11 nitrogen and oxygen atoms in total. The van der Waals surface area contributed by atoms with Gasteiger partial charge in [-0.2, -0.15) is 12.6 Å². The van der Waals surface area contributed by atoms with Gasteiger partial charge in [0.05, 0.1) is 7.11 Å². The molecular weight excluding hydrogens is 596 g/mol. The van der Waals surface area contributed by atoms with Crippen molar-refractivity contribution >= 4 is 42.2 Å². The van der Waals surface area contributed by atoms with E-state index in [1.165, 1.54) is 0 Å². The lowest BCUT2D eigenvalue weighted by Gasteiger charge is -2.26. The second kappa shape index (κ2) is 17.4. The summed E-state index contributed by atoms with van der Waals surface area (Å²) >= 11 is 4.25. The van der Waals surface area contributed by atoms with Crippen LogP contribution in [0.2, 0.25) is 0 Å². The van der Waals surface area contributed by atoms with Crippen LogP contribution in [0.15, 0.2) is 54.6 Å². The summed E-state index contributed by atoms with van der Waals surface area (Å²) in [4.78, 5) is 63.9. The van der Waals surface area contributed by atoms with Crippen LogP contribution < -0.4 is 26.0 Å². The Morgan fingerprint density at radius 2 is 1.53 bits per heavy atom. The number of hydrogen-bond acceptors (Lipinski definition) is 7. The van der Waals surface area contributed by atoms with E-state index >= 15 is 0 Å². The topological polar surface area (TPSA) is 163 Å². The first-order valence-corrected chi connectivity index (χ1v) is 15.8. The van der Waals surface area contributed by atoms with Crippen molar-refractivity contribution < 1.29 is 33.8 Å². The third-order valence-electron chi connectivity index (χ3n) is 7.66. The minimum Gasteiger partial charge on any atom is -0.497 e. The maximum atomic E-state index is 13.4. The largest absolute Gasteiger partial charge is 0.497 e. The minimum atomic E-state index is -1.14. The molecule has 5 N–H and O–H groups in total. The lowest BCUT2D eigenvalue weighted by molar-refractivity contribution is -0.138. The number of carbonyl (C=O) groups is 5. The maximum Gasteiger partial charge on any atom is 0.303 e. The summed E-state index contributed by atoms with van der Waals surface area (Å²) in [6, 6.07) is 13.9. The number of methoxy groups -OCH3 is 1. The summed E-state index contributed by atoms with van der Waals surface area (Å²) in [6.45, 7) is 4.11. The van der Waals surface area contributed by atoms with Crippen molar-refractivity contribution in [2.75, 3.05) is 19.4 Å².